The summed E-state index contributed by atoms with van der Waals surface area (Å²) in [5.74, 6) is 1.22. The molecule has 1 fully saturated rings. The van der Waals surface area contributed by atoms with Crippen molar-refractivity contribution in [2.45, 2.75) is 32.4 Å². The van der Waals surface area contributed by atoms with Gasteiger partial charge in [0.2, 0.25) is 5.91 Å². The molecule has 0 bridgehead atoms. The fraction of sp³-hybridized carbons (Fsp3) is 0.818. The van der Waals surface area contributed by atoms with Gasteiger partial charge in [-0.15, -0.1) is 11.8 Å². The molecule has 1 aliphatic heterocycles. The van der Waals surface area contributed by atoms with Crippen LogP contribution in [0.1, 0.15) is 20.8 Å². The molecule has 0 aromatic carbocycles. The first-order valence-electron chi connectivity index (χ1n) is 5.80. The summed E-state index contributed by atoms with van der Waals surface area (Å²) < 4.78 is 5.05. The molecule has 0 aliphatic carbocycles. The van der Waals surface area contributed by atoms with Gasteiger partial charge in [0.25, 0.3) is 0 Å². The normalized spacial score (nSPS) is 17.4. The number of ether oxygens (including phenoxy) is 1. The van der Waals surface area contributed by atoms with Gasteiger partial charge in [0.05, 0.1) is 12.5 Å². The zero-order valence-corrected chi connectivity index (χ0v) is 11.7. The molecule has 0 spiro atoms. The maximum atomic E-state index is 12.0. The third-order valence-electron chi connectivity index (χ3n) is 2.24. The van der Waals surface area contributed by atoms with Gasteiger partial charge in [0.1, 0.15) is 11.6 Å². The van der Waals surface area contributed by atoms with Gasteiger partial charge in [-0.2, -0.15) is 0 Å². The lowest BCUT2D eigenvalue weighted by Gasteiger charge is -2.24. The molecule has 6 nitrogen and oxygen atoms in total. The summed E-state index contributed by atoms with van der Waals surface area (Å²) in [5, 5.41) is 11.6. The van der Waals surface area contributed by atoms with Crippen LogP contribution < -0.4 is 5.32 Å². The van der Waals surface area contributed by atoms with Crippen LogP contribution >= 0.6 is 11.8 Å². The summed E-state index contributed by atoms with van der Waals surface area (Å²) in [5.41, 5.74) is -0.628. The van der Waals surface area contributed by atoms with Crippen molar-refractivity contribution in [1.82, 2.24) is 10.2 Å². The van der Waals surface area contributed by atoms with Gasteiger partial charge in [-0.3, -0.25) is 4.79 Å². The maximum Gasteiger partial charge on any atom is 0.408 e. The first-order chi connectivity index (χ1) is 8.33. The van der Waals surface area contributed by atoms with E-state index in [1.807, 2.05) is 0 Å². The molecule has 1 unspecified atom stereocenters. The molecule has 1 saturated heterocycles. The minimum Gasteiger partial charge on any atom is -0.444 e. The van der Waals surface area contributed by atoms with E-state index in [0.29, 0.717) is 12.4 Å². The molecule has 2 amide bonds. The van der Waals surface area contributed by atoms with Crippen molar-refractivity contribution in [3.8, 4) is 0 Å². The Labute approximate surface area is 111 Å². The predicted octanol–water partition coefficient (Wildman–Crippen LogP) is 0.405. The Balaban J connectivity index is 2.50. The Hall–Kier alpha value is -0.950. The van der Waals surface area contributed by atoms with E-state index in [-0.39, 0.29) is 5.91 Å². The number of thioether (sulfide) groups is 1. The Morgan fingerprint density at radius 3 is 2.61 bits per heavy atom. The van der Waals surface area contributed by atoms with E-state index in [9.17, 15) is 14.7 Å². The molecule has 1 heterocycles. The fourth-order valence-electron chi connectivity index (χ4n) is 1.44. The smallest absolute Gasteiger partial charge is 0.408 e. The summed E-state index contributed by atoms with van der Waals surface area (Å²) in [6.45, 7) is 5.42. The van der Waals surface area contributed by atoms with Crippen molar-refractivity contribution in [3.05, 3.63) is 0 Å². The number of nitrogens with zero attached hydrogens (tertiary/aromatic N) is 1. The lowest BCUT2D eigenvalue weighted by molar-refractivity contribution is -0.132. The van der Waals surface area contributed by atoms with Gasteiger partial charge in [0.15, 0.2) is 0 Å². The van der Waals surface area contributed by atoms with Crippen LogP contribution in [0, 0.1) is 0 Å². The molecule has 1 aliphatic rings. The third-order valence-corrected chi connectivity index (χ3v) is 3.20. The lowest BCUT2D eigenvalue weighted by atomic mass is 10.2. The van der Waals surface area contributed by atoms with Gasteiger partial charge >= 0.3 is 6.09 Å². The highest BCUT2D eigenvalue weighted by Gasteiger charge is 2.29. The first-order valence-corrected chi connectivity index (χ1v) is 6.96. The average Bonchev–Trinajstić information content (AvgIpc) is 2.75. The van der Waals surface area contributed by atoms with Crippen LogP contribution in [0.4, 0.5) is 4.79 Å². The highest BCUT2D eigenvalue weighted by Crippen LogP contribution is 2.14. The largest absolute Gasteiger partial charge is 0.444 e. The zero-order chi connectivity index (χ0) is 13.8. The number of amides is 2. The topological polar surface area (TPSA) is 78.9 Å². The van der Waals surface area contributed by atoms with Crippen LogP contribution in [0.25, 0.3) is 0 Å². The molecular formula is C11H20N2O4S. The predicted molar refractivity (Wildman–Crippen MR) is 69.3 cm³/mol. The van der Waals surface area contributed by atoms with E-state index >= 15 is 0 Å². The molecule has 0 saturated carbocycles. The number of rotatable bonds is 3. The van der Waals surface area contributed by atoms with Crippen LogP contribution in [-0.4, -0.2) is 58.4 Å². The summed E-state index contributed by atoms with van der Waals surface area (Å²) in [6, 6.07) is -0.932. The number of aliphatic hydroxyl groups excluding tert-OH is 1. The number of alkyl carbamates (subject to hydrolysis) is 1. The Kier molecular flexibility index (Phi) is 5.28. The molecule has 1 rings (SSSR count). The van der Waals surface area contributed by atoms with Gasteiger partial charge in [-0.25, -0.2) is 4.79 Å². The summed E-state index contributed by atoms with van der Waals surface area (Å²) in [4.78, 5) is 25.1. The number of carbonyl (C=O) groups excluding carboxylic acids is 2. The molecule has 1 atom stereocenters. The molecule has 0 aromatic heterocycles. The number of aliphatic hydroxyl groups is 1. The van der Waals surface area contributed by atoms with Crippen molar-refractivity contribution in [3.63, 3.8) is 0 Å². The van der Waals surface area contributed by atoms with Crippen LogP contribution in [0.3, 0.4) is 0 Å². The molecular weight excluding hydrogens is 256 g/mol. The molecule has 18 heavy (non-hydrogen) atoms. The van der Waals surface area contributed by atoms with Gasteiger partial charge in [-0.1, -0.05) is 0 Å². The first kappa shape index (κ1) is 15.1. The summed E-state index contributed by atoms with van der Waals surface area (Å²) in [6.07, 6.45) is -0.693. The highest BCUT2D eigenvalue weighted by atomic mass is 32.2. The van der Waals surface area contributed by atoms with Gasteiger partial charge in [0, 0.05) is 12.3 Å². The Morgan fingerprint density at radius 1 is 1.50 bits per heavy atom. The monoisotopic (exact) mass is 276 g/mol. The fourth-order valence-corrected chi connectivity index (χ4v) is 2.40. The standard InChI is InChI=1S/C11H20N2O4S/c1-11(2,3)17-10(16)12-8(6-14)9(15)13-4-5-18-7-13/h8,14H,4-7H2,1-3H3,(H,12,16). The number of hydrogen-bond acceptors (Lipinski definition) is 5. The maximum absolute atomic E-state index is 12.0. The van der Waals surface area contributed by atoms with Crippen molar-refractivity contribution >= 4 is 23.8 Å². The van der Waals surface area contributed by atoms with Crippen LogP contribution in [0.15, 0.2) is 0 Å². The lowest BCUT2D eigenvalue weighted by Crippen LogP contribution is -2.50. The van der Waals surface area contributed by atoms with Crippen molar-refractivity contribution in [1.29, 1.82) is 0 Å². The molecule has 2 N–H and O–H groups in total. The second-order valence-corrected chi connectivity index (χ2v) is 6.10. The number of nitrogens with one attached hydrogen (secondary N) is 1. The van der Waals surface area contributed by atoms with Crippen LogP contribution in [0.5, 0.6) is 0 Å². The molecule has 7 heteroatoms. The molecule has 0 radical (unpaired) electrons. The van der Waals surface area contributed by atoms with E-state index in [1.54, 1.807) is 37.4 Å². The Morgan fingerprint density at radius 2 is 2.17 bits per heavy atom. The SMILES string of the molecule is CC(C)(C)OC(=O)NC(CO)C(=O)N1CCSC1. The summed E-state index contributed by atoms with van der Waals surface area (Å²) in [7, 11) is 0. The van der Waals surface area contributed by atoms with Gasteiger partial charge in [-0.05, 0) is 20.8 Å². The van der Waals surface area contributed by atoms with Crippen LogP contribution in [-0.2, 0) is 9.53 Å². The van der Waals surface area contributed by atoms with Crippen molar-refractivity contribution in [2.24, 2.45) is 0 Å². The van der Waals surface area contributed by atoms with Gasteiger partial charge < -0.3 is 20.1 Å². The molecule has 104 valence electrons. The minimum absolute atomic E-state index is 0.270. The third kappa shape index (κ3) is 4.73. The van der Waals surface area contributed by atoms with E-state index in [0.717, 1.165) is 5.75 Å². The quantitative estimate of drug-likeness (QED) is 0.780. The summed E-state index contributed by atoms with van der Waals surface area (Å²) >= 11 is 1.65. The Bertz CT molecular complexity index is 311. The minimum atomic E-state index is -0.932. The second-order valence-electron chi connectivity index (χ2n) is 5.02. The zero-order valence-electron chi connectivity index (χ0n) is 10.9. The number of hydrogen-bond donors (Lipinski definition) is 2. The highest BCUT2D eigenvalue weighted by molar-refractivity contribution is 7.99. The van der Waals surface area contributed by atoms with E-state index in [4.69, 9.17) is 4.74 Å². The van der Waals surface area contributed by atoms with E-state index in [1.165, 1.54) is 0 Å². The average molecular weight is 276 g/mol. The van der Waals surface area contributed by atoms with Crippen molar-refractivity contribution in [2.75, 3.05) is 24.8 Å². The van der Waals surface area contributed by atoms with E-state index < -0.39 is 24.3 Å². The second kappa shape index (κ2) is 6.29. The number of carbonyl (C=O) groups is 2. The van der Waals surface area contributed by atoms with Crippen molar-refractivity contribution < 1.29 is 19.4 Å². The molecule has 0 aromatic rings. The van der Waals surface area contributed by atoms with E-state index in [2.05, 4.69) is 5.32 Å². The van der Waals surface area contributed by atoms with Crippen LogP contribution in [0.2, 0.25) is 0 Å².